The van der Waals surface area contributed by atoms with Gasteiger partial charge in [-0.05, 0) is 31.7 Å². The summed E-state index contributed by atoms with van der Waals surface area (Å²) in [5, 5.41) is 33.3. The van der Waals surface area contributed by atoms with Crippen molar-refractivity contribution in [3.63, 3.8) is 0 Å². The fourth-order valence-corrected chi connectivity index (χ4v) is 4.61. The highest BCUT2D eigenvalue weighted by atomic mass is 16.6. The first-order chi connectivity index (χ1) is 16.0. The minimum absolute atomic E-state index is 0.0545. The second kappa shape index (κ2) is 9.32. The molecule has 1 aromatic carbocycles. The van der Waals surface area contributed by atoms with Gasteiger partial charge in [0.2, 0.25) is 0 Å². The minimum Gasteiger partial charge on any atom is -0.394 e. The number of rotatable bonds is 7. The van der Waals surface area contributed by atoms with Gasteiger partial charge in [0.05, 0.1) is 31.7 Å². The van der Waals surface area contributed by atoms with Crippen LogP contribution in [0.3, 0.4) is 0 Å². The van der Waals surface area contributed by atoms with Gasteiger partial charge in [0.1, 0.15) is 24.6 Å². The number of hydrogen-bond acceptors (Lipinski definition) is 9. The van der Waals surface area contributed by atoms with Crippen LogP contribution in [0.15, 0.2) is 36.9 Å². The zero-order chi connectivity index (χ0) is 22.9. The predicted octanol–water partition coefficient (Wildman–Crippen LogP) is 1.30. The van der Waals surface area contributed by atoms with Gasteiger partial charge >= 0.3 is 0 Å². The summed E-state index contributed by atoms with van der Waals surface area (Å²) < 4.78 is 13.4. The van der Waals surface area contributed by atoms with E-state index in [0.29, 0.717) is 23.6 Å². The number of ether oxygens (including phenoxy) is 2. The Morgan fingerprint density at radius 2 is 1.94 bits per heavy atom. The Labute approximate surface area is 191 Å². The number of hydrogen-bond donors (Lipinski definition) is 4. The van der Waals surface area contributed by atoms with Crippen LogP contribution in [0.25, 0.3) is 11.2 Å². The molecule has 0 bridgehead atoms. The van der Waals surface area contributed by atoms with Crippen molar-refractivity contribution < 1.29 is 24.8 Å². The summed E-state index contributed by atoms with van der Waals surface area (Å²) in [6.07, 6.45) is 1.80. The molecule has 33 heavy (non-hydrogen) atoms. The summed E-state index contributed by atoms with van der Waals surface area (Å²) in [6, 6.07) is 8.44. The molecule has 4 N–H and O–H groups in total. The van der Waals surface area contributed by atoms with Crippen LogP contribution in [0, 0.1) is 6.92 Å². The van der Waals surface area contributed by atoms with Gasteiger partial charge in [-0.25, -0.2) is 15.0 Å². The number of benzene rings is 1. The number of nitrogens with one attached hydrogen (secondary N) is 1. The van der Waals surface area contributed by atoms with Crippen molar-refractivity contribution in [1.29, 1.82) is 0 Å². The lowest BCUT2D eigenvalue weighted by molar-refractivity contribution is -0.0511. The van der Waals surface area contributed by atoms with Gasteiger partial charge in [0, 0.05) is 0 Å². The predicted molar refractivity (Wildman–Crippen MR) is 119 cm³/mol. The largest absolute Gasteiger partial charge is 0.394 e. The van der Waals surface area contributed by atoms with Crippen LogP contribution in [0.4, 0.5) is 5.82 Å². The smallest absolute Gasteiger partial charge is 0.167 e. The highest BCUT2D eigenvalue weighted by Crippen LogP contribution is 2.33. The van der Waals surface area contributed by atoms with Crippen molar-refractivity contribution >= 4 is 17.0 Å². The summed E-state index contributed by atoms with van der Waals surface area (Å²) in [6.45, 7) is 2.23. The third-order valence-corrected chi connectivity index (χ3v) is 6.51. The van der Waals surface area contributed by atoms with Gasteiger partial charge in [0.25, 0.3) is 0 Å². The molecular formula is C23H29N5O5. The van der Waals surface area contributed by atoms with Crippen LogP contribution in [0.5, 0.6) is 0 Å². The van der Waals surface area contributed by atoms with Gasteiger partial charge < -0.3 is 30.1 Å². The molecule has 6 unspecified atom stereocenters. The summed E-state index contributed by atoms with van der Waals surface area (Å²) in [7, 11) is 0. The number of fused-ring (bicyclic) bond motifs is 1. The maximum absolute atomic E-state index is 10.4. The Morgan fingerprint density at radius 1 is 1.12 bits per heavy atom. The molecule has 176 valence electrons. The second-order valence-electron chi connectivity index (χ2n) is 8.79. The van der Waals surface area contributed by atoms with Crippen LogP contribution in [0.1, 0.15) is 36.6 Å². The van der Waals surface area contributed by atoms with Crippen molar-refractivity contribution in [3.8, 4) is 0 Å². The number of aliphatic hydroxyl groups excluding tert-OH is 3. The number of aromatic nitrogens is 4. The first kappa shape index (κ1) is 22.2. The zero-order valence-corrected chi connectivity index (χ0v) is 18.4. The maximum Gasteiger partial charge on any atom is 0.167 e. The van der Waals surface area contributed by atoms with Crippen LogP contribution < -0.4 is 5.32 Å². The average molecular weight is 456 g/mol. The molecule has 2 aromatic heterocycles. The number of anilines is 1. The van der Waals surface area contributed by atoms with Crippen molar-refractivity contribution in [2.24, 2.45) is 0 Å². The van der Waals surface area contributed by atoms with E-state index in [1.165, 1.54) is 18.2 Å². The minimum atomic E-state index is -1.21. The van der Waals surface area contributed by atoms with Gasteiger partial charge in [0.15, 0.2) is 23.2 Å². The molecule has 2 fully saturated rings. The van der Waals surface area contributed by atoms with Crippen molar-refractivity contribution in [1.82, 2.24) is 19.5 Å². The molecule has 10 heteroatoms. The molecule has 1 aliphatic heterocycles. The topological polar surface area (TPSA) is 135 Å². The highest BCUT2D eigenvalue weighted by molar-refractivity contribution is 5.82. The fourth-order valence-electron chi connectivity index (χ4n) is 4.61. The number of imidazole rings is 1. The molecule has 0 amide bonds. The van der Waals surface area contributed by atoms with Gasteiger partial charge in [-0.2, -0.15) is 0 Å². The van der Waals surface area contributed by atoms with E-state index in [1.54, 1.807) is 4.57 Å². The third kappa shape index (κ3) is 4.32. The Balaban J connectivity index is 1.31. The number of aryl methyl sites for hydroxylation is 1. The van der Waals surface area contributed by atoms with E-state index in [-0.39, 0.29) is 12.1 Å². The molecule has 10 nitrogen and oxygen atoms in total. The lowest BCUT2D eigenvalue weighted by atomic mass is 10.1. The van der Waals surface area contributed by atoms with Crippen LogP contribution in [-0.4, -0.2) is 71.9 Å². The molecule has 1 saturated heterocycles. The zero-order valence-electron chi connectivity index (χ0n) is 18.4. The van der Waals surface area contributed by atoms with E-state index in [0.717, 1.165) is 24.8 Å². The normalized spacial score (nSPS) is 29.7. The van der Waals surface area contributed by atoms with Gasteiger partial charge in [-0.15, -0.1) is 0 Å². The maximum atomic E-state index is 10.4. The first-order valence-electron chi connectivity index (χ1n) is 11.3. The lowest BCUT2D eigenvalue weighted by Gasteiger charge is -2.22. The van der Waals surface area contributed by atoms with Crippen molar-refractivity contribution in [2.45, 2.75) is 69.5 Å². The molecule has 3 aromatic rings. The summed E-state index contributed by atoms with van der Waals surface area (Å²) in [5.74, 6) is 0.585. The Hall–Kier alpha value is -2.63. The first-order valence-corrected chi connectivity index (χ1v) is 11.3. The Kier molecular flexibility index (Phi) is 6.26. The van der Waals surface area contributed by atoms with E-state index in [2.05, 4.69) is 51.5 Å². The molecule has 0 radical (unpaired) electrons. The van der Waals surface area contributed by atoms with Crippen molar-refractivity contribution in [2.75, 3.05) is 11.9 Å². The van der Waals surface area contributed by atoms with Crippen molar-refractivity contribution in [3.05, 3.63) is 48.0 Å². The molecule has 5 rings (SSSR count). The molecule has 1 aliphatic carbocycles. The SMILES string of the molecule is Cc1ccc(COC2CCCC2Nc2ncnc3c2ncn3C2OC(CO)C(O)C2O)cc1. The summed E-state index contributed by atoms with van der Waals surface area (Å²) >= 11 is 0. The highest BCUT2D eigenvalue weighted by Gasteiger charge is 2.44. The lowest BCUT2D eigenvalue weighted by Crippen LogP contribution is -2.33. The summed E-state index contributed by atoms with van der Waals surface area (Å²) in [5.41, 5.74) is 3.38. The van der Waals surface area contributed by atoms with Crippen LogP contribution >= 0.6 is 0 Å². The molecule has 2 aliphatic rings. The van der Waals surface area contributed by atoms with E-state index in [4.69, 9.17) is 9.47 Å². The molecular weight excluding hydrogens is 426 g/mol. The van der Waals surface area contributed by atoms with Crippen LogP contribution in [0.2, 0.25) is 0 Å². The second-order valence-corrected chi connectivity index (χ2v) is 8.79. The van der Waals surface area contributed by atoms with E-state index in [9.17, 15) is 15.3 Å². The Bertz CT molecular complexity index is 1090. The van der Waals surface area contributed by atoms with Gasteiger partial charge in [-0.1, -0.05) is 29.8 Å². The molecule has 6 atom stereocenters. The number of nitrogens with zero attached hydrogens (tertiary/aromatic N) is 4. The van der Waals surface area contributed by atoms with E-state index >= 15 is 0 Å². The molecule has 3 heterocycles. The van der Waals surface area contributed by atoms with E-state index < -0.39 is 31.1 Å². The third-order valence-electron chi connectivity index (χ3n) is 6.51. The molecule has 0 spiro atoms. The van der Waals surface area contributed by atoms with Crippen LogP contribution in [-0.2, 0) is 16.1 Å². The monoisotopic (exact) mass is 455 g/mol. The number of aliphatic hydroxyl groups is 3. The molecule has 1 saturated carbocycles. The van der Waals surface area contributed by atoms with E-state index in [1.807, 2.05) is 0 Å². The standard InChI is InChI=1S/C23H29N5O5/c1-13-5-7-14(8-6-13)10-32-16-4-2-3-15(16)27-21-18-22(25-11-24-21)28(12-26-18)23-20(31)19(30)17(9-29)33-23/h5-8,11-12,15-17,19-20,23,29-31H,2-4,9-10H2,1H3,(H,24,25,27). The average Bonchev–Trinajstić information content (AvgIpc) is 3.52. The Morgan fingerprint density at radius 3 is 2.70 bits per heavy atom. The van der Waals surface area contributed by atoms with Gasteiger partial charge in [-0.3, -0.25) is 4.57 Å². The fraction of sp³-hybridized carbons (Fsp3) is 0.522. The quantitative estimate of drug-likeness (QED) is 0.416. The summed E-state index contributed by atoms with van der Waals surface area (Å²) in [4.78, 5) is 13.1.